The van der Waals surface area contributed by atoms with Crippen molar-refractivity contribution < 1.29 is 13.2 Å². The second-order valence-electron chi connectivity index (χ2n) is 5.04. The van der Waals surface area contributed by atoms with E-state index in [4.69, 9.17) is 0 Å². The lowest BCUT2D eigenvalue weighted by Gasteiger charge is -2.19. The van der Waals surface area contributed by atoms with Gasteiger partial charge in [0.2, 0.25) is 0 Å². The molecule has 1 aromatic carbocycles. The molecule has 0 radical (unpaired) electrons. The van der Waals surface area contributed by atoms with Gasteiger partial charge in [-0.3, -0.25) is 0 Å². The first-order chi connectivity index (χ1) is 9.77. The van der Waals surface area contributed by atoms with Crippen LogP contribution in [-0.4, -0.2) is 4.98 Å². The van der Waals surface area contributed by atoms with E-state index in [1.54, 1.807) is 11.3 Å². The van der Waals surface area contributed by atoms with Gasteiger partial charge in [-0.05, 0) is 38.5 Å². The Balaban J connectivity index is 2.04. The zero-order valence-electron chi connectivity index (χ0n) is 12.0. The van der Waals surface area contributed by atoms with Gasteiger partial charge in [-0.15, -0.1) is 11.3 Å². The lowest BCUT2D eigenvalue weighted by molar-refractivity contribution is -0.137. The fourth-order valence-corrected chi connectivity index (χ4v) is 2.86. The maximum atomic E-state index is 12.5. The molecule has 2 rings (SSSR count). The molecule has 6 heteroatoms. The number of aromatic nitrogens is 1. The molecule has 1 N–H and O–H groups in total. The minimum Gasteiger partial charge on any atom is -0.302 e. The summed E-state index contributed by atoms with van der Waals surface area (Å²) in [6.45, 7) is 5.92. The third-order valence-corrected chi connectivity index (χ3v) is 4.34. The van der Waals surface area contributed by atoms with Crippen LogP contribution in [0.1, 0.15) is 46.9 Å². The molecular weight excluding hydrogens is 297 g/mol. The van der Waals surface area contributed by atoms with Gasteiger partial charge in [0.25, 0.3) is 0 Å². The smallest absolute Gasteiger partial charge is 0.302 e. The summed E-state index contributed by atoms with van der Waals surface area (Å²) < 4.78 is 37.6. The molecule has 1 heterocycles. The maximum absolute atomic E-state index is 12.5. The number of thiazole rings is 1. The summed E-state index contributed by atoms with van der Waals surface area (Å²) >= 11 is 1.62. The molecule has 0 amide bonds. The zero-order valence-corrected chi connectivity index (χ0v) is 12.8. The maximum Gasteiger partial charge on any atom is 0.416 e. The second kappa shape index (κ2) is 6.15. The fourth-order valence-electron chi connectivity index (χ4n) is 2.08. The second-order valence-corrected chi connectivity index (χ2v) is 6.31. The average molecular weight is 314 g/mol. The van der Waals surface area contributed by atoms with Crippen molar-refractivity contribution >= 4 is 11.3 Å². The first kappa shape index (κ1) is 16.0. The number of nitrogens with one attached hydrogen (secondary N) is 1. The van der Waals surface area contributed by atoms with Crippen molar-refractivity contribution in [2.45, 2.75) is 39.0 Å². The number of hydrogen-bond acceptors (Lipinski definition) is 3. The Morgan fingerprint density at radius 1 is 1.10 bits per heavy atom. The van der Waals surface area contributed by atoms with Gasteiger partial charge in [0, 0.05) is 17.1 Å². The van der Waals surface area contributed by atoms with Crippen LogP contribution in [-0.2, 0) is 6.18 Å². The number of alkyl halides is 3. The molecule has 2 aromatic rings. The minimum atomic E-state index is -4.29. The molecule has 0 fully saturated rings. The van der Waals surface area contributed by atoms with E-state index in [2.05, 4.69) is 10.3 Å². The van der Waals surface area contributed by atoms with E-state index in [1.807, 2.05) is 27.0 Å². The van der Waals surface area contributed by atoms with Crippen molar-refractivity contribution in [2.75, 3.05) is 0 Å². The van der Waals surface area contributed by atoms with Crippen molar-refractivity contribution in [2.24, 2.45) is 0 Å². The van der Waals surface area contributed by atoms with Crippen LogP contribution < -0.4 is 5.32 Å². The van der Waals surface area contributed by atoms with E-state index in [-0.39, 0.29) is 12.1 Å². The highest BCUT2D eigenvalue weighted by atomic mass is 32.1. The van der Waals surface area contributed by atoms with Gasteiger partial charge < -0.3 is 5.32 Å². The quantitative estimate of drug-likeness (QED) is 0.870. The molecule has 0 saturated heterocycles. The van der Waals surface area contributed by atoms with Crippen molar-refractivity contribution in [1.82, 2.24) is 10.3 Å². The number of hydrogen-bond donors (Lipinski definition) is 1. The van der Waals surface area contributed by atoms with Crippen molar-refractivity contribution in [3.8, 4) is 0 Å². The van der Waals surface area contributed by atoms with Crippen LogP contribution in [0.5, 0.6) is 0 Å². The molecule has 0 spiro atoms. The van der Waals surface area contributed by atoms with Gasteiger partial charge in [0.05, 0.1) is 11.6 Å². The predicted octanol–water partition coefficient (Wildman–Crippen LogP) is 4.88. The molecular formula is C15H17F3N2S. The third kappa shape index (κ3) is 4.04. The SMILES string of the molecule is Cc1cnc(C(C)NC(C)c2ccc(C(F)(F)F)cc2)s1. The summed E-state index contributed by atoms with van der Waals surface area (Å²) in [5, 5.41) is 4.33. The zero-order chi connectivity index (χ0) is 15.6. The summed E-state index contributed by atoms with van der Waals surface area (Å²) in [7, 11) is 0. The van der Waals surface area contributed by atoms with E-state index in [9.17, 15) is 13.2 Å². The number of aryl methyl sites for hydroxylation is 1. The largest absolute Gasteiger partial charge is 0.416 e. The van der Waals surface area contributed by atoms with Crippen molar-refractivity contribution in [3.63, 3.8) is 0 Å². The lowest BCUT2D eigenvalue weighted by atomic mass is 10.1. The number of benzene rings is 1. The summed E-state index contributed by atoms with van der Waals surface area (Å²) in [6, 6.07) is 5.27. The first-order valence-corrected chi connectivity index (χ1v) is 7.44. The highest BCUT2D eigenvalue weighted by Gasteiger charge is 2.30. The highest BCUT2D eigenvalue weighted by Crippen LogP contribution is 2.30. The molecule has 114 valence electrons. The Kier molecular flexibility index (Phi) is 4.68. The van der Waals surface area contributed by atoms with Crippen LogP contribution in [0.3, 0.4) is 0 Å². The Bertz CT molecular complexity index is 590. The molecule has 0 saturated carbocycles. The van der Waals surface area contributed by atoms with Crippen molar-refractivity contribution in [3.05, 3.63) is 51.5 Å². The Labute approximate surface area is 126 Å². The van der Waals surface area contributed by atoms with Crippen LogP contribution in [0.4, 0.5) is 13.2 Å². The Hall–Kier alpha value is -1.40. The van der Waals surface area contributed by atoms with Gasteiger partial charge in [-0.1, -0.05) is 12.1 Å². The highest BCUT2D eigenvalue weighted by molar-refractivity contribution is 7.11. The monoisotopic (exact) mass is 314 g/mol. The van der Waals surface area contributed by atoms with E-state index in [1.165, 1.54) is 12.1 Å². The minimum absolute atomic E-state index is 0.0495. The molecule has 2 nitrogen and oxygen atoms in total. The summed E-state index contributed by atoms with van der Waals surface area (Å²) in [5.74, 6) is 0. The van der Waals surface area contributed by atoms with Gasteiger partial charge in [0.1, 0.15) is 5.01 Å². The molecule has 0 aliphatic rings. The van der Waals surface area contributed by atoms with Crippen LogP contribution >= 0.6 is 11.3 Å². The number of nitrogens with zero attached hydrogens (tertiary/aromatic N) is 1. The molecule has 0 aliphatic carbocycles. The van der Waals surface area contributed by atoms with Gasteiger partial charge in [0.15, 0.2) is 0 Å². The normalized spacial score (nSPS) is 15.0. The lowest BCUT2D eigenvalue weighted by Crippen LogP contribution is -2.22. The molecule has 1 aromatic heterocycles. The molecule has 0 aliphatic heterocycles. The standard InChI is InChI=1S/C15H17F3N2S/c1-9-8-19-14(21-9)11(3)20-10(2)12-4-6-13(7-5-12)15(16,17)18/h4-8,10-11,20H,1-3H3. The summed E-state index contributed by atoms with van der Waals surface area (Å²) in [4.78, 5) is 5.46. The first-order valence-electron chi connectivity index (χ1n) is 6.63. The van der Waals surface area contributed by atoms with Crippen LogP contribution in [0.25, 0.3) is 0 Å². The summed E-state index contributed by atoms with van der Waals surface area (Å²) in [5.41, 5.74) is 0.199. The van der Waals surface area contributed by atoms with Gasteiger partial charge in [-0.2, -0.15) is 13.2 Å². The Morgan fingerprint density at radius 3 is 2.19 bits per heavy atom. The van der Waals surface area contributed by atoms with Crippen LogP contribution in [0.2, 0.25) is 0 Å². The third-order valence-electron chi connectivity index (χ3n) is 3.25. The fraction of sp³-hybridized carbons (Fsp3) is 0.400. The van der Waals surface area contributed by atoms with E-state index < -0.39 is 11.7 Å². The predicted molar refractivity (Wildman–Crippen MR) is 78.3 cm³/mol. The molecule has 21 heavy (non-hydrogen) atoms. The molecule has 2 unspecified atom stereocenters. The Morgan fingerprint density at radius 2 is 1.71 bits per heavy atom. The van der Waals surface area contributed by atoms with Crippen LogP contribution in [0.15, 0.2) is 30.5 Å². The van der Waals surface area contributed by atoms with Gasteiger partial charge >= 0.3 is 6.18 Å². The van der Waals surface area contributed by atoms with Crippen LogP contribution in [0, 0.1) is 6.92 Å². The number of rotatable bonds is 4. The van der Waals surface area contributed by atoms with Gasteiger partial charge in [-0.25, -0.2) is 4.98 Å². The summed E-state index contributed by atoms with van der Waals surface area (Å²) in [6.07, 6.45) is -2.47. The molecule has 2 atom stereocenters. The number of halogens is 3. The topological polar surface area (TPSA) is 24.9 Å². The van der Waals surface area contributed by atoms with E-state index in [0.29, 0.717) is 0 Å². The van der Waals surface area contributed by atoms with E-state index >= 15 is 0 Å². The van der Waals surface area contributed by atoms with Crippen molar-refractivity contribution in [1.29, 1.82) is 0 Å². The van der Waals surface area contributed by atoms with E-state index in [0.717, 1.165) is 27.6 Å². The average Bonchev–Trinajstić information content (AvgIpc) is 2.84. The molecule has 0 bridgehead atoms.